The molecule has 0 amide bonds. The van der Waals surface area contributed by atoms with E-state index in [9.17, 15) is 23.3 Å². The molecule has 1 aromatic heterocycles. The zero-order chi connectivity index (χ0) is 16.8. The van der Waals surface area contributed by atoms with Crippen molar-refractivity contribution >= 4 is 23.1 Å². The highest BCUT2D eigenvalue weighted by atomic mass is 19.4. The third-order valence-corrected chi connectivity index (χ3v) is 3.56. The van der Waals surface area contributed by atoms with Crippen molar-refractivity contribution < 1.29 is 18.1 Å². The molecule has 1 aliphatic heterocycles. The SMILES string of the molecule is Nc1nc(N2CCc3c2cccc3C(F)(F)F)ncc1[N+](=O)[O-]. The van der Waals surface area contributed by atoms with Gasteiger partial charge < -0.3 is 10.6 Å². The van der Waals surface area contributed by atoms with Gasteiger partial charge in [-0.1, -0.05) is 6.07 Å². The summed E-state index contributed by atoms with van der Waals surface area (Å²) in [6.45, 7) is 0.236. The number of rotatable bonds is 2. The fourth-order valence-corrected chi connectivity index (χ4v) is 2.56. The minimum atomic E-state index is -4.45. The number of nitrogen functional groups attached to an aromatic ring is 1. The maximum Gasteiger partial charge on any atom is 0.416 e. The van der Waals surface area contributed by atoms with E-state index in [0.29, 0.717) is 5.69 Å². The Morgan fingerprint density at radius 3 is 2.70 bits per heavy atom. The molecule has 3 rings (SSSR count). The van der Waals surface area contributed by atoms with Crippen molar-refractivity contribution in [2.75, 3.05) is 17.2 Å². The minimum absolute atomic E-state index is 0.0335. The van der Waals surface area contributed by atoms with Crippen molar-refractivity contribution in [2.24, 2.45) is 0 Å². The summed E-state index contributed by atoms with van der Waals surface area (Å²) >= 11 is 0. The number of nitro groups is 1. The van der Waals surface area contributed by atoms with E-state index in [1.165, 1.54) is 17.0 Å². The Hall–Kier alpha value is -2.91. The maximum absolute atomic E-state index is 13.0. The molecule has 2 N–H and O–H groups in total. The van der Waals surface area contributed by atoms with Gasteiger partial charge in [0.15, 0.2) is 0 Å². The monoisotopic (exact) mass is 325 g/mol. The number of fused-ring (bicyclic) bond motifs is 1. The molecule has 10 heteroatoms. The van der Waals surface area contributed by atoms with Crippen LogP contribution < -0.4 is 10.6 Å². The Bertz CT molecular complexity index is 794. The van der Waals surface area contributed by atoms with Crippen molar-refractivity contribution in [3.63, 3.8) is 0 Å². The lowest BCUT2D eigenvalue weighted by Gasteiger charge is -2.18. The Morgan fingerprint density at radius 2 is 2.09 bits per heavy atom. The smallest absolute Gasteiger partial charge is 0.378 e. The summed E-state index contributed by atoms with van der Waals surface area (Å²) in [5.74, 6) is -0.299. The number of alkyl halides is 3. The number of benzene rings is 1. The van der Waals surface area contributed by atoms with Gasteiger partial charge in [-0.2, -0.15) is 18.2 Å². The maximum atomic E-state index is 13.0. The molecule has 0 saturated heterocycles. The lowest BCUT2D eigenvalue weighted by molar-refractivity contribution is -0.384. The quantitative estimate of drug-likeness (QED) is 0.673. The summed E-state index contributed by atoms with van der Waals surface area (Å²) in [5.41, 5.74) is 4.84. The van der Waals surface area contributed by atoms with Crippen LogP contribution in [0.15, 0.2) is 24.4 Å². The molecule has 2 aromatic rings. The van der Waals surface area contributed by atoms with Gasteiger partial charge >= 0.3 is 11.9 Å². The van der Waals surface area contributed by atoms with Crippen LogP contribution in [-0.2, 0) is 12.6 Å². The van der Waals surface area contributed by atoms with E-state index in [-0.39, 0.29) is 30.3 Å². The Labute approximate surface area is 127 Å². The molecule has 0 bridgehead atoms. The minimum Gasteiger partial charge on any atom is -0.378 e. The molecular formula is C13H10F3N5O2. The van der Waals surface area contributed by atoms with E-state index in [0.717, 1.165) is 12.3 Å². The van der Waals surface area contributed by atoms with E-state index in [1.54, 1.807) is 0 Å². The van der Waals surface area contributed by atoms with Crippen LogP contribution >= 0.6 is 0 Å². The molecule has 1 aromatic carbocycles. The number of hydrogen-bond donors (Lipinski definition) is 1. The number of anilines is 3. The average molecular weight is 325 g/mol. The first kappa shape index (κ1) is 15.0. The zero-order valence-corrected chi connectivity index (χ0v) is 11.5. The zero-order valence-electron chi connectivity index (χ0n) is 11.5. The summed E-state index contributed by atoms with van der Waals surface area (Å²) in [6.07, 6.45) is -3.33. The van der Waals surface area contributed by atoms with Crippen molar-refractivity contribution in [1.82, 2.24) is 9.97 Å². The first-order chi connectivity index (χ1) is 10.8. The Morgan fingerprint density at radius 1 is 1.35 bits per heavy atom. The van der Waals surface area contributed by atoms with E-state index in [2.05, 4.69) is 9.97 Å². The average Bonchev–Trinajstić information content (AvgIpc) is 2.89. The van der Waals surface area contributed by atoms with Crippen LogP contribution in [-0.4, -0.2) is 21.4 Å². The highest BCUT2D eigenvalue weighted by Crippen LogP contribution is 2.41. The van der Waals surface area contributed by atoms with E-state index >= 15 is 0 Å². The predicted octanol–water partition coefficient (Wildman–Crippen LogP) is 2.68. The first-order valence-corrected chi connectivity index (χ1v) is 6.52. The van der Waals surface area contributed by atoms with E-state index < -0.39 is 22.4 Å². The third kappa shape index (κ3) is 2.51. The van der Waals surface area contributed by atoms with Crippen LogP contribution in [0.5, 0.6) is 0 Å². The molecule has 0 spiro atoms. The largest absolute Gasteiger partial charge is 0.416 e. The van der Waals surface area contributed by atoms with Gasteiger partial charge in [0.25, 0.3) is 0 Å². The van der Waals surface area contributed by atoms with Crippen LogP contribution in [0.1, 0.15) is 11.1 Å². The molecule has 0 fully saturated rings. The van der Waals surface area contributed by atoms with E-state index in [1.807, 2.05) is 0 Å². The normalized spacial score (nSPS) is 14.0. The standard InChI is InChI=1S/C13H10F3N5O2/c14-13(15,16)8-2-1-3-9-7(8)4-5-20(9)12-18-6-10(21(22)23)11(17)19-12/h1-3,6H,4-5H2,(H2,17,18,19). The summed E-state index contributed by atoms with van der Waals surface area (Å²) in [4.78, 5) is 19.1. The first-order valence-electron chi connectivity index (χ1n) is 6.52. The summed E-state index contributed by atoms with van der Waals surface area (Å²) in [7, 11) is 0. The van der Waals surface area contributed by atoms with Crippen molar-refractivity contribution in [3.8, 4) is 0 Å². The second-order valence-electron chi connectivity index (χ2n) is 4.90. The van der Waals surface area contributed by atoms with Gasteiger partial charge in [-0.15, -0.1) is 0 Å². The van der Waals surface area contributed by atoms with Gasteiger partial charge in [-0.3, -0.25) is 10.1 Å². The number of halogens is 3. The molecule has 0 radical (unpaired) electrons. The van der Waals surface area contributed by atoms with E-state index in [4.69, 9.17) is 5.73 Å². The van der Waals surface area contributed by atoms with Gasteiger partial charge in [-0.25, -0.2) is 4.98 Å². The summed E-state index contributed by atoms with van der Waals surface area (Å²) in [6, 6.07) is 3.85. The molecule has 2 heterocycles. The molecule has 0 aliphatic carbocycles. The van der Waals surface area contributed by atoms with Gasteiger partial charge in [-0.05, 0) is 24.1 Å². The topological polar surface area (TPSA) is 98.2 Å². The molecule has 0 atom stereocenters. The fraction of sp³-hybridized carbons (Fsp3) is 0.231. The van der Waals surface area contributed by atoms with Crippen LogP contribution in [0, 0.1) is 10.1 Å². The lowest BCUT2D eigenvalue weighted by Crippen LogP contribution is -2.17. The molecule has 23 heavy (non-hydrogen) atoms. The third-order valence-electron chi connectivity index (χ3n) is 3.56. The molecular weight excluding hydrogens is 315 g/mol. The van der Waals surface area contributed by atoms with Crippen molar-refractivity contribution in [1.29, 1.82) is 0 Å². The molecule has 120 valence electrons. The molecule has 0 unspecified atom stereocenters. The highest BCUT2D eigenvalue weighted by Gasteiger charge is 2.37. The molecule has 0 saturated carbocycles. The molecule has 7 nitrogen and oxygen atoms in total. The van der Waals surface area contributed by atoms with Gasteiger partial charge in [0, 0.05) is 12.2 Å². The Kier molecular flexibility index (Phi) is 3.31. The Balaban J connectivity index is 2.04. The van der Waals surface area contributed by atoms with Crippen LogP contribution in [0.4, 0.5) is 36.3 Å². The predicted molar refractivity (Wildman–Crippen MR) is 75.3 cm³/mol. The number of aromatic nitrogens is 2. The summed E-state index contributed by atoms with van der Waals surface area (Å²) in [5, 5.41) is 10.7. The van der Waals surface area contributed by atoms with Gasteiger partial charge in [0.05, 0.1) is 10.5 Å². The van der Waals surface area contributed by atoms with Crippen molar-refractivity contribution in [2.45, 2.75) is 12.6 Å². The number of nitrogens with zero attached hydrogens (tertiary/aromatic N) is 4. The lowest BCUT2D eigenvalue weighted by atomic mass is 10.0. The van der Waals surface area contributed by atoms with Gasteiger partial charge in [0.1, 0.15) is 6.20 Å². The summed E-state index contributed by atoms with van der Waals surface area (Å²) < 4.78 is 39.1. The molecule has 1 aliphatic rings. The number of hydrogen-bond acceptors (Lipinski definition) is 6. The van der Waals surface area contributed by atoms with Crippen molar-refractivity contribution in [3.05, 3.63) is 45.6 Å². The fourth-order valence-electron chi connectivity index (χ4n) is 2.56. The van der Waals surface area contributed by atoms with Crippen LogP contribution in [0.25, 0.3) is 0 Å². The highest BCUT2D eigenvalue weighted by molar-refractivity contribution is 5.69. The van der Waals surface area contributed by atoms with Crippen LogP contribution in [0.2, 0.25) is 0 Å². The van der Waals surface area contributed by atoms with Crippen LogP contribution in [0.3, 0.4) is 0 Å². The second kappa shape index (κ2) is 5.07. The second-order valence-corrected chi connectivity index (χ2v) is 4.90. The van der Waals surface area contributed by atoms with Gasteiger partial charge in [0.2, 0.25) is 11.8 Å². The number of nitrogens with two attached hydrogens (primary N) is 1.